The van der Waals surface area contributed by atoms with Gasteiger partial charge in [0.15, 0.2) is 5.58 Å². The molecule has 0 unspecified atom stereocenters. The van der Waals surface area contributed by atoms with Gasteiger partial charge in [0, 0.05) is 39.2 Å². The van der Waals surface area contributed by atoms with Crippen LogP contribution in [0.3, 0.4) is 0 Å². The second-order valence-electron chi connectivity index (χ2n) is 14.6. The van der Waals surface area contributed by atoms with Gasteiger partial charge in [-0.3, -0.25) is 0 Å². The maximum atomic E-state index is 7.04. The third-order valence-corrected chi connectivity index (χ3v) is 11.2. The van der Waals surface area contributed by atoms with Crippen molar-refractivity contribution >= 4 is 88.4 Å². The van der Waals surface area contributed by atoms with Crippen LogP contribution < -0.4 is 9.80 Å². The largest absolute Gasteiger partial charge is 0.454 e. The lowest BCUT2D eigenvalue weighted by molar-refractivity contribution is 0.669. The van der Waals surface area contributed by atoms with Gasteiger partial charge in [0.25, 0.3) is 0 Å². The van der Waals surface area contributed by atoms with Crippen molar-refractivity contribution < 1.29 is 4.42 Å². The maximum Gasteiger partial charge on any atom is 0.159 e. The molecule has 0 spiro atoms. The molecular weight excluding hydrogens is 693 g/mol. The SMILES string of the molecule is c1ccc(-c2ccc(N(c3ccc4ccccc4c3)c3cc(N(c4ccccc4)c4ccc5ccccc5c4)cc4c3oc3ccc5ccccc5c34)cc2)cc1. The fourth-order valence-corrected chi connectivity index (χ4v) is 8.43. The monoisotopic (exact) mass is 728 g/mol. The Morgan fingerprint density at radius 2 is 0.807 bits per heavy atom. The van der Waals surface area contributed by atoms with Gasteiger partial charge in [-0.15, -0.1) is 0 Å². The van der Waals surface area contributed by atoms with E-state index in [0.29, 0.717) is 0 Å². The summed E-state index contributed by atoms with van der Waals surface area (Å²) in [5.41, 5.74) is 10.2. The molecular formula is C54H36N2O. The molecule has 3 nitrogen and oxygen atoms in total. The molecule has 0 fully saturated rings. The lowest BCUT2D eigenvalue weighted by atomic mass is 10.0. The normalized spacial score (nSPS) is 11.5. The van der Waals surface area contributed by atoms with Crippen molar-refractivity contribution in [1.29, 1.82) is 0 Å². The van der Waals surface area contributed by atoms with E-state index in [1.807, 2.05) is 0 Å². The molecule has 57 heavy (non-hydrogen) atoms. The molecule has 0 atom stereocenters. The minimum atomic E-state index is 0.830. The molecule has 0 aliphatic heterocycles. The number of hydrogen-bond acceptors (Lipinski definition) is 3. The molecule has 0 saturated carbocycles. The lowest BCUT2D eigenvalue weighted by Gasteiger charge is -2.30. The van der Waals surface area contributed by atoms with E-state index in [2.05, 4.69) is 228 Å². The third kappa shape index (κ3) is 5.76. The minimum Gasteiger partial charge on any atom is -0.454 e. The van der Waals surface area contributed by atoms with E-state index >= 15 is 0 Å². The summed E-state index contributed by atoms with van der Waals surface area (Å²) < 4.78 is 7.04. The van der Waals surface area contributed by atoms with E-state index < -0.39 is 0 Å². The second-order valence-corrected chi connectivity index (χ2v) is 14.6. The Balaban J connectivity index is 1.23. The van der Waals surface area contributed by atoms with Crippen LogP contribution in [0.5, 0.6) is 0 Å². The molecule has 0 saturated heterocycles. The molecule has 3 heteroatoms. The van der Waals surface area contributed by atoms with Crippen LogP contribution in [0, 0.1) is 0 Å². The smallest absolute Gasteiger partial charge is 0.159 e. The molecule has 0 amide bonds. The minimum absolute atomic E-state index is 0.830. The summed E-state index contributed by atoms with van der Waals surface area (Å²) in [6.07, 6.45) is 0. The van der Waals surface area contributed by atoms with Gasteiger partial charge >= 0.3 is 0 Å². The highest BCUT2D eigenvalue weighted by Crippen LogP contribution is 2.48. The summed E-state index contributed by atoms with van der Waals surface area (Å²) in [4.78, 5) is 4.73. The summed E-state index contributed by atoms with van der Waals surface area (Å²) in [6, 6.07) is 78.2. The Morgan fingerprint density at radius 3 is 1.49 bits per heavy atom. The standard InChI is InChI=1S/C54H36N2O/c1-3-13-37(14-4-1)40-23-28-45(29-24-40)56(47-31-26-39-16-8-10-19-43(39)34-47)51-36-48(35-50-53-49-22-12-11-17-41(49)27-32-52(53)57-54(50)51)55(44-20-5-2-6-21-44)46-30-25-38-15-7-9-18-42(38)33-46/h1-36H. The summed E-state index contributed by atoms with van der Waals surface area (Å²) >= 11 is 0. The molecule has 268 valence electrons. The van der Waals surface area contributed by atoms with Gasteiger partial charge in [-0.1, -0.05) is 152 Å². The number of hydrogen-bond donors (Lipinski definition) is 0. The number of fused-ring (bicyclic) bond motifs is 7. The molecule has 0 radical (unpaired) electrons. The molecule has 0 N–H and O–H groups in total. The van der Waals surface area contributed by atoms with Crippen LogP contribution in [-0.4, -0.2) is 0 Å². The Bertz CT molecular complexity index is 3240. The quantitative estimate of drug-likeness (QED) is 0.163. The number of para-hydroxylation sites is 1. The van der Waals surface area contributed by atoms with Gasteiger partial charge in [-0.05, 0) is 110 Å². The van der Waals surface area contributed by atoms with Crippen molar-refractivity contribution in [1.82, 2.24) is 0 Å². The third-order valence-electron chi connectivity index (χ3n) is 11.2. The van der Waals surface area contributed by atoms with Gasteiger partial charge < -0.3 is 14.2 Å². The first-order valence-electron chi connectivity index (χ1n) is 19.4. The van der Waals surface area contributed by atoms with E-state index in [4.69, 9.17) is 4.42 Å². The van der Waals surface area contributed by atoms with Crippen molar-refractivity contribution in [3.05, 3.63) is 218 Å². The topological polar surface area (TPSA) is 19.6 Å². The summed E-state index contributed by atoms with van der Waals surface area (Å²) in [7, 11) is 0. The zero-order chi connectivity index (χ0) is 37.7. The molecule has 11 rings (SSSR count). The molecule has 1 heterocycles. The average Bonchev–Trinajstić information content (AvgIpc) is 3.67. The van der Waals surface area contributed by atoms with Crippen LogP contribution in [-0.2, 0) is 0 Å². The summed E-state index contributed by atoms with van der Waals surface area (Å²) in [5, 5.41) is 9.27. The Kier molecular flexibility index (Phi) is 7.82. The number of benzene rings is 10. The Hall–Kier alpha value is -7.62. The number of anilines is 6. The predicted octanol–water partition coefficient (Wildman–Crippen LogP) is 15.7. The van der Waals surface area contributed by atoms with Crippen molar-refractivity contribution in [2.45, 2.75) is 0 Å². The van der Waals surface area contributed by atoms with Crippen molar-refractivity contribution in [2.75, 3.05) is 9.80 Å². The highest BCUT2D eigenvalue weighted by atomic mass is 16.3. The molecule has 0 bridgehead atoms. The van der Waals surface area contributed by atoms with Crippen LogP contribution in [0.15, 0.2) is 223 Å². The average molecular weight is 729 g/mol. The highest BCUT2D eigenvalue weighted by molar-refractivity contribution is 6.22. The number of rotatable bonds is 7. The van der Waals surface area contributed by atoms with Gasteiger partial charge in [0.1, 0.15) is 5.58 Å². The van der Waals surface area contributed by atoms with E-state index in [-0.39, 0.29) is 0 Å². The van der Waals surface area contributed by atoms with Crippen LogP contribution in [0.4, 0.5) is 34.1 Å². The van der Waals surface area contributed by atoms with E-state index in [1.54, 1.807) is 0 Å². The maximum absolute atomic E-state index is 7.04. The Labute approximate surface area is 330 Å². The highest BCUT2D eigenvalue weighted by Gasteiger charge is 2.25. The second kappa shape index (κ2) is 13.6. The first-order chi connectivity index (χ1) is 28.2. The number of nitrogens with zero attached hydrogens (tertiary/aromatic N) is 2. The fraction of sp³-hybridized carbons (Fsp3) is 0. The van der Waals surface area contributed by atoms with Gasteiger partial charge in [0.2, 0.25) is 0 Å². The molecule has 10 aromatic carbocycles. The van der Waals surface area contributed by atoms with E-state index in [9.17, 15) is 0 Å². The van der Waals surface area contributed by atoms with Crippen molar-refractivity contribution in [3.63, 3.8) is 0 Å². The Morgan fingerprint density at radius 1 is 0.298 bits per heavy atom. The molecule has 11 aromatic rings. The van der Waals surface area contributed by atoms with Crippen LogP contribution in [0.25, 0.3) is 65.4 Å². The van der Waals surface area contributed by atoms with Crippen LogP contribution >= 0.6 is 0 Å². The van der Waals surface area contributed by atoms with Gasteiger partial charge in [-0.25, -0.2) is 0 Å². The zero-order valence-corrected chi connectivity index (χ0v) is 31.1. The van der Waals surface area contributed by atoms with Crippen molar-refractivity contribution in [2.24, 2.45) is 0 Å². The summed E-state index contributed by atoms with van der Waals surface area (Å²) in [6.45, 7) is 0. The lowest BCUT2D eigenvalue weighted by Crippen LogP contribution is -2.13. The number of furan rings is 1. The zero-order valence-electron chi connectivity index (χ0n) is 31.1. The van der Waals surface area contributed by atoms with Gasteiger partial charge in [0.05, 0.1) is 5.69 Å². The first-order valence-corrected chi connectivity index (χ1v) is 19.4. The van der Waals surface area contributed by atoms with E-state index in [0.717, 1.165) is 56.1 Å². The molecule has 0 aliphatic carbocycles. The molecule has 1 aromatic heterocycles. The van der Waals surface area contributed by atoms with E-state index in [1.165, 1.54) is 43.4 Å². The summed E-state index contributed by atoms with van der Waals surface area (Å²) in [5.74, 6) is 0. The van der Waals surface area contributed by atoms with Crippen molar-refractivity contribution in [3.8, 4) is 11.1 Å². The first kappa shape index (κ1) is 32.8. The molecule has 0 aliphatic rings. The van der Waals surface area contributed by atoms with Crippen LogP contribution in [0.2, 0.25) is 0 Å². The van der Waals surface area contributed by atoms with Crippen LogP contribution in [0.1, 0.15) is 0 Å². The fourth-order valence-electron chi connectivity index (χ4n) is 8.43. The predicted molar refractivity (Wildman–Crippen MR) is 241 cm³/mol. The van der Waals surface area contributed by atoms with Gasteiger partial charge in [-0.2, -0.15) is 0 Å².